The van der Waals surface area contributed by atoms with Crippen molar-refractivity contribution in [3.05, 3.63) is 34.2 Å². The van der Waals surface area contributed by atoms with Crippen molar-refractivity contribution < 1.29 is 4.79 Å². The van der Waals surface area contributed by atoms with Gasteiger partial charge in [0, 0.05) is 35.1 Å². The van der Waals surface area contributed by atoms with Gasteiger partial charge in [-0.15, -0.1) is 4.91 Å². The Morgan fingerprint density at radius 2 is 1.95 bits per heavy atom. The van der Waals surface area contributed by atoms with E-state index in [1.807, 2.05) is 0 Å². The smallest absolute Gasteiger partial charge is 0.238 e. The van der Waals surface area contributed by atoms with Crippen LogP contribution in [0.15, 0.2) is 29.6 Å². The molecule has 1 aliphatic heterocycles. The van der Waals surface area contributed by atoms with Crippen molar-refractivity contribution in [3.8, 4) is 0 Å². The molecule has 0 radical (unpaired) electrons. The van der Waals surface area contributed by atoms with Gasteiger partial charge in [0.25, 0.3) is 0 Å². The number of piperidine rings is 1. The molecule has 20 heavy (non-hydrogen) atoms. The minimum Gasteiger partial charge on any atom is -0.325 e. The van der Waals surface area contributed by atoms with Crippen molar-refractivity contribution in [1.29, 1.82) is 0 Å². The average molecular weight is 297 g/mol. The van der Waals surface area contributed by atoms with Crippen LogP contribution >= 0.6 is 11.6 Å². The highest BCUT2D eigenvalue weighted by Crippen LogP contribution is 2.14. The maximum Gasteiger partial charge on any atom is 0.238 e. The van der Waals surface area contributed by atoms with Crippen LogP contribution in [0.25, 0.3) is 0 Å². The van der Waals surface area contributed by atoms with Gasteiger partial charge in [0.2, 0.25) is 5.91 Å². The van der Waals surface area contributed by atoms with E-state index in [-0.39, 0.29) is 11.9 Å². The van der Waals surface area contributed by atoms with E-state index in [2.05, 4.69) is 20.9 Å². The maximum absolute atomic E-state index is 11.9. The Morgan fingerprint density at radius 3 is 2.55 bits per heavy atom. The second-order valence-electron chi connectivity index (χ2n) is 4.83. The molecule has 108 valence electrons. The number of likely N-dealkylation sites (tertiary alicyclic amines) is 1. The molecule has 1 heterocycles. The Morgan fingerprint density at radius 1 is 1.30 bits per heavy atom. The summed E-state index contributed by atoms with van der Waals surface area (Å²) in [6.07, 6.45) is 1.64. The van der Waals surface area contributed by atoms with Gasteiger partial charge in [-0.3, -0.25) is 15.1 Å². The summed E-state index contributed by atoms with van der Waals surface area (Å²) in [7, 11) is 0. The fraction of sp³-hybridized carbons (Fsp3) is 0.462. The lowest BCUT2D eigenvalue weighted by Gasteiger charge is -2.30. The fourth-order valence-corrected chi connectivity index (χ4v) is 2.36. The van der Waals surface area contributed by atoms with Crippen molar-refractivity contribution in [3.63, 3.8) is 0 Å². The van der Waals surface area contributed by atoms with E-state index in [0.29, 0.717) is 11.6 Å². The summed E-state index contributed by atoms with van der Waals surface area (Å²) in [6, 6.07) is 7.14. The average Bonchev–Trinajstić information content (AvgIpc) is 2.44. The van der Waals surface area contributed by atoms with E-state index >= 15 is 0 Å². The number of nitrogens with zero attached hydrogens (tertiary/aromatic N) is 2. The van der Waals surface area contributed by atoms with Crippen LogP contribution < -0.4 is 10.7 Å². The van der Waals surface area contributed by atoms with Crippen LogP contribution in [0.2, 0.25) is 5.02 Å². The summed E-state index contributed by atoms with van der Waals surface area (Å²) in [4.78, 5) is 24.1. The summed E-state index contributed by atoms with van der Waals surface area (Å²) in [6.45, 7) is 1.91. The third kappa shape index (κ3) is 4.47. The summed E-state index contributed by atoms with van der Waals surface area (Å²) in [5.74, 6) is -0.0488. The number of carbonyl (C=O) groups excluding carboxylic acids is 1. The second-order valence-corrected chi connectivity index (χ2v) is 5.26. The number of amides is 1. The molecule has 1 aliphatic rings. The molecule has 1 aromatic carbocycles. The standard InChI is InChI=1S/C13H17ClN4O2/c14-10-1-3-11(4-2-10)15-13(19)9-18-7-5-12(6-8-18)16-17-20/h1-4,12H,5-9H2,(H,15,19)(H,16,20). The van der Waals surface area contributed by atoms with Gasteiger partial charge in [0.05, 0.1) is 6.54 Å². The molecule has 0 aromatic heterocycles. The molecule has 1 fully saturated rings. The lowest BCUT2D eigenvalue weighted by Crippen LogP contribution is -2.43. The Hall–Kier alpha value is -1.66. The Bertz CT molecular complexity index is 458. The van der Waals surface area contributed by atoms with Gasteiger partial charge in [0.15, 0.2) is 0 Å². The van der Waals surface area contributed by atoms with Gasteiger partial charge in [-0.25, -0.2) is 0 Å². The summed E-state index contributed by atoms with van der Waals surface area (Å²) >= 11 is 5.79. The molecule has 7 heteroatoms. The lowest BCUT2D eigenvalue weighted by atomic mass is 10.1. The Kier molecular flexibility index (Phi) is 5.31. The maximum atomic E-state index is 11.9. The molecule has 1 saturated heterocycles. The van der Waals surface area contributed by atoms with Gasteiger partial charge >= 0.3 is 0 Å². The van der Waals surface area contributed by atoms with Crippen LogP contribution in [0.3, 0.4) is 0 Å². The molecular formula is C13H17ClN4O2. The van der Waals surface area contributed by atoms with E-state index < -0.39 is 0 Å². The third-order valence-electron chi connectivity index (χ3n) is 3.32. The number of rotatable bonds is 5. The largest absolute Gasteiger partial charge is 0.325 e. The van der Waals surface area contributed by atoms with Crippen LogP contribution in [0.5, 0.6) is 0 Å². The van der Waals surface area contributed by atoms with Gasteiger partial charge in [-0.1, -0.05) is 11.6 Å². The highest BCUT2D eigenvalue weighted by molar-refractivity contribution is 6.30. The predicted octanol–water partition coefficient (Wildman–Crippen LogP) is 2.01. The monoisotopic (exact) mass is 296 g/mol. The number of anilines is 1. The first kappa shape index (κ1) is 14.7. The molecule has 0 atom stereocenters. The summed E-state index contributed by atoms with van der Waals surface area (Å²) < 4.78 is 0. The first-order valence-corrected chi connectivity index (χ1v) is 6.91. The zero-order valence-electron chi connectivity index (χ0n) is 11.0. The normalized spacial score (nSPS) is 16.6. The molecule has 0 unspecified atom stereocenters. The van der Waals surface area contributed by atoms with Crippen molar-refractivity contribution in [2.24, 2.45) is 5.29 Å². The minimum absolute atomic E-state index is 0.0488. The molecule has 0 bridgehead atoms. The highest BCUT2D eigenvalue weighted by atomic mass is 35.5. The third-order valence-corrected chi connectivity index (χ3v) is 3.57. The SMILES string of the molecule is O=NNC1CCN(CC(=O)Nc2ccc(Cl)cc2)CC1. The van der Waals surface area contributed by atoms with Gasteiger partial charge < -0.3 is 5.32 Å². The minimum atomic E-state index is -0.0488. The topological polar surface area (TPSA) is 73.8 Å². The molecule has 2 N–H and O–H groups in total. The first-order chi connectivity index (χ1) is 9.67. The van der Waals surface area contributed by atoms with Crippen LogP contribution in [0.4, 0.5) is 5.69 Å². The number of halogens is 1. The van der Waals surface area contributed by atoms with E-state index in [1.54, 1.807) is 24.3 Å². The molecule has 0 spiro atoms. The number of nitrogens with one attached hydrogen (secondary N) is 2. The van der Waals surface area contributed by atoms with Crippen molar-refractivity contribution in [2.45, 2.75) is 18.9 Å². The number of nitroso groups, excluding NO2 is 1. The van der Waals surface area contributed by atoms with E-state index in [9.17, 15) is 9.70 Å². The quantitative estimate of drug-likeness (QED) is 0.644. The van der Waals surface area contributed by atoms with E-state index in [1.165, 1.54) is 0 Å². The van der Waals surface area contributed by atoms with Crippen LogP contribution in [0, 0.1) is 4.91 Å². The molecule has 0 aliphatic carbocycles. The Balaban J connectivity index is 1.75. The zero-order chi connectivity index (χ0) is 14.4. The molecular weight excluding hydrogens is 280 g/mol. The molecule has 1 aromatic rings. The number of hydrogen-bond donors (Lipinski definition) is 2. The van der Waals surface area contributed by atoms with Crippen LogP contribution in [-0.2, 0) is 4.79 Å². The summed E-state index contributed by atoms with van der Waals surface area (Å²) in [5, 5.41) is 6.17. The van der Waals surface area contributed by atoms with Crippen molar-refractivity contribution in [2.75, 3.05) is 25.0 Å². The Labute approximate surface area is 122 Å². The molecule has 0 saturated carbocycles. The van der Waals surface area contributed by atoms with Gasteiger partial charge in [0.1, 0.15) is 0 Å². The van der Waals surface area contributed by atoms with Crippen LogP contribution in [0.1, 0.15) is 12.8 Å². The number of hydrogen-bond acceptors (Lipinski definition) is 4. The first-order valence-electron chi connectivity index (χ1n) is 6.53. The van der Waals surface area contributed by atoms with Crippen LogP contribution in [-0.4, -0.2) is 36.5 Å². The van der Waals surface area contributed by atoms with Gasteiger partial charge in [-0.2, -0.15) is 0 Å². The fourth-order valence-electron chi connectivity index (χ4n) is 2.23. The predicted molar refractivity (Wildman–Crippen MR) is 78.5 cm³/mol. The summed E-state index contributed by atoms with van der Waals surface area (Å²) in [5.41, 5.74) is 3.27. The van der Waals surface area contributed by atoms with Crippen molar-refractivity contribution >= 4 is 23.2 Å². The second kappa shape index (κ2) is 7.21. The molecule has 2 rings (SSSR count). The van der Waals surface area contributed by atoms with Gasteiger partial charge in [-0.05, 0) is 37.1 Å². The van der Waals surface area contributed by atoms with E-state index in [4.69, 9.17) is 11.6 Å². The molecule has 1 amide bonds. The highest BCUT2D eigenvalue weighted by Gasteiger charge is 2.20. The molecule has 6 nitrogen and oxygen atoms in total. The lowest BCUT2D eigenvalue weighted by molar-refractivity contribution is -0.117. The zero-order valence-corrected chi connectivity index (χ0v) is 11.8. The van der Waals surface area contributed by atoms with Crippen molar-refractivity contribution in [1.82, 2.24) is 10.3 Å². The number of carbonyl (C=O) groups is 1. The number of benzene rings is 1. The van der Waals surface area contributed by atoms with E-state index in [0.717, 1.165) is 31.6 Å².